The van der Waals surface area contributed by atoms with Crippen molar-refractivity contribution in [1.29, 1.82) is 0 Å². The maximum absolute atomic E-state index is 12.2. The Kier molecular flexibility index (Phi) is 4.37. The van der Waals surface area contributed by atoms with E-state index >= 15 is 0 Å². The normalized spacial score (nSPS) is 12.2. The topological polar surface area (TPSA) is 42.0 Å². The molecule has 1 atom stereocenters. The van der Waals surface area contributed by atoms with Gasteiger partial charge in [0.1, 0.15) is 0 Å². The third-order valence-corrected chi connectivity index (χ3v) is 4.75. The highest BCUT2D eigenvalue weighted by Gasteiger charge is 2.17. The van der Waals surface area contributed by atoms with Gasteiger partial charge in [-0.1, -0.05) is 12.1 Å². The summed E-state index contributed by atoms with van der Waals surface area (Å²) < 4.78 is 0.803. The van der Waals surface area contributed by atoms with Crippen molar-refractivity contribution in [3.63, 3.8) is 0 Å². The lowest BCUT2D eigenvalue weighted by Gasteiger charge is -2.13. The summed E-state index contributed by atoms with van der Waals surface area (Å²) in [4.78, 5) is 17.7. The molecule has 0 aliphatic heterocycles. The predicted octanol–water partition coefficient (Wildman–Crippen LogP) is 4.01. The average molecular weight is 339 g/mol. The number of halogens is 1. The second kappa shape index (κ2) is 5.84. The van der Waals surface area contributed by atoms with Gasteiger partial charge in [-0.15, -0.1) is 11.3 Å². The molecule has 0 aliphatic rings. The molecule has 0 saturated carbocycles. The molecule has 1 unspecified atom stereocenters. The highest BCUT2D eigenvalue weighted by Crippen LogP contribution is 2.25. The van der Waals surface area contributed by atoms with Crippen LogP contribution in [0, 0.1) is 13.8 Å². The van der Waals surface area contributed by atoms with Gasteiger partial charge >= 0.3 is 0 Å². The standard InChI is InChI=1S/C14H15BrN2OS/c1-8-13(19-10(3)16-8)9(2)17-14(18)11-6-4-5-7-12(11)15/h4-7,9H,1-3H3,(H,17,18). The van der Waals surface area contributed by atoms with Crippen LogP contribution in [0.15, 0.2) is 28.7 Å². The molecular formula is C14H15BrN2OS. The fourth-order valence-corrected chi connectivity index (χ4v) is 3.33. The van der Waals surface area contributed by atoms with Gasteiger partial charge in [0.25, 0.3) is 5.91 Å². The molecule has 1 amide bonds. The summed E-state index contributed by atoms with van der Waals surface area (Å²) in [5, 5.41) is 4.03. The van der Waals surface area contributed by atoms with Crippen LogP contribution in [0.2, 0.25) is 0 Å². The Hall–Kier alpha value is -1.20. The lowest BCUT2D eigenvalue weighted by Crippen LogP contribution is -2.26. The van der Waals surface area contributed by atoms with E-state index in [4.69, 9.17) is 0 Å². The first kappa shape index (κ1) is 14.2. The van der Waals surface area contributed by atoms with Gasteiger partial charge in [-0.2, -0.15) is 0 Å². The minimum Gasteiger partial charge on any atom is -0.345 e. The molecule has 1 aromatic carbocycles. The van der Waals surface area contributed by atoms with Gasteiger partial charge in [-0.3, -0.25) is 4.79 Å². The number of hydrogen-bond donors (Lipinski definition) is 1. The number of aromatic nitrogens is 1. The first-order valence-electron chi connectivity index (χ1n) is 5.98. The Bertz CT molecular complexity index is 609. The number of nitrogens with zero attached hydrogens (tertiary/aromatic N) is 1. The third kappa shape index (κ3) is 3.22. The summed E-state index contributed by atoms with van der Waals surface area (Å²) in [5.74, 6) is -0.0783. The Labute approximate surface area is 125 Å². The van der Waals surface area contributed by atoms with Gasteiger partial charge in [0.15, 0.2) is 0 Å². The maximum Gasteiger partial charge on any atom is 0.252 e. The molecule has 100 valence electrons. The fraction of sp³-hybridized carbons (Fsp3) is 0.286. The highest BCUT2D eigenvalue weighted by molar-refractivity contribution is 9.10. The predicted molar refractivity (Wildman–Crippen MR) is 81.6 cm³/mol. The van der Waals surface area contributed by atoms with Gasteiger partial charge in [-0.25, -0.2) is 4.98 Å². The van der Waals surface area contributed by atoms with E-state index in [0.717, 1.165) is 20.1 Å². The van der Waals surface area contributed by atoms with Crippen LogP contribution in [-0.2, 0) is 0 Å². The number of rotatable bonds is 3. The third-order valence-electron chi connectivity index (χ3n) is 2.80. The van der Waals surface area contributed by atoms with Crippen LogP contribution in [0.3, 0.4) is 0 Å². The van der Waals surface area contributed by atoms with E-state index < -0.39 is 0 Å². The molecule has 19 heavy (non-hydrogen) atoms. The maximum atomic E-state index is 12.2. The van der Waals surface area contributed by atoms with Crippen LogP contribution in [0.4, 0.5) is 0 Å². The summed E-state index contributed by atoms with van der Waals surface area (Å²) in [5.41, 5.74) is 1.63. The van der Waals surface area contributed by atoms with Crippen molar-refractivity contribution in [3.8, 4) is 0 Å². The minimum absolute atomic E-state index is 0.0363. The van der Waals surface area contributed by atoms with Crippen molar-refractivity contribution in [1.82, 2.24) is 10.3 Å². The first-order valence-corrected chi connectivity index (χ1v) is 7.59. The molecule has 0 saturated heterocycles. The zero-order valence-corrected chi connectivity index (χ0v) is 13.4. The number of carbonyl (C=O) groups is 1. The van der Waals surface area contributed by atoms with E-state index in [1.807, 2.05) is 39.0 Å². The SMILES string of the molecule is Cc1nc(C)c(C(C)NC(=O)c2ccccc2Br)s1. The Balaban J connectivity index is 2.15. The van der Waals surface area contributed by atoms with Crippen LogP contribution in [0.1, 0.15) is 38.9 Å². The van der Waals surface area contributed by atoms with E-state index in [1.54, 1.807) is 17.4 Å². The number of amides is 1. The van der Waals surface area contributed by atoms with Crippen LogP contribution in [0.5, 0.6) is 0 Å². The number of nitrogens with one attached hydrogen (secondary N) is 1. The van der Waals surface area contributed by atoms with Crippen molar-refractivity contribution < 1.29 is 4.79 Å². The number of thiazole rings is 1. The summed E-state index contributed by atoms with van der Waals surface area (Å²) >= 11 is 5.02. The van der Waals surface area contributed by atoms with Crippen LogP contribution >= 0.6 is 27.3 Å². The molecule has 0 radical (unpaired) electrons. The first-order chi connectivity index (χ1) is 8.99. The molecule has 1 heterocycles. The molecule has 3 nitrogen and oxygen atoms in total. The minimum atomic E-state index is -0.0783. The van der Waals surface area contributed by atoms with Gasteiger partial charge in [0.2, 0.25) is 0 Å². The highest BCUT2D eigenvalue weighted by atomic mass is 79.9. The quantitative estimate of drug-likeness (QED) is 0.918. The molecule has 0 fully saturated rings. The monoisotopic (exact) mass is 338 g/mol. The number of benzene rings is 1. The molecule has 0 bridgehead atoms. The van der Waals surface area contributed by atoms with Crippen molar-refractivity contribution in [2.75, 3.05) is 0 Å². The molecule has 2 aromatic rings. The van der Waals surface area contributed by atoms with Crippen molar-refractivity contribution in [2.45, 2.75) is 26.8 Å². The Morgan fingerprint density at radius 1 is 1.37 bits per heavy atom. The zero-order chi connectivity index (χ0) is 14.0. The van der Waals surface area contributed by atoms with E-state index in [-0.39, 0.29) is 11.9 Å². The van der Waals surface area contributed by atoms with Gasteiger partial charge in [-0.05, 0) is 48.8 Å². The lowest BCUT2D eigenvalue weighted by atomic mass is 10.2. The summed E-state index contributed by atoms with van der Waals surface area (Å²) in [6, 6.07) is 7.37. The molecule has 2 rings (SSSR count). The van der Waals surface area contributed by atoms with E-state index in [1.165, 1.54) is 0 Å². The van der Waals surface area contributed by atoms with Gasteiger partial charge in [0, 0.05) is 9.35 Å². The Morgan fingerprint density at radius 3 is 2.63 bits per heavy atom. The van der Waals surface area contributed by atoms with Crippen molar-refractivity contribution in [2.24, 2.45) is 0 Å². The number of carbonyl (C=O) groups excluding carboxylic acids is 1. The van der Waals surface area contributed by atoms with Crippen molar-refractivity contribution in [3.05, 3.63) is 49.9 Å². The molecule has 0 spiro atoms. The largest absolute Gasteiger partial charge is 0.345 e. The Morgan fingerprint density at radius 2 is 2.05 bits per heavy atom. The van der Waals surface area contributed by atoms with Gasteiger partial charge < -0.3 is 5.32 Å². The lowest BCUT2D eigenvalue weighted by molar-refractivity contribution is 0.0939. The molecule has 0 aliphatic carbocycles. The fourth-order valence-electron chi connectivity index (χ4n) is 1.93. The van der Waals surface area contributed by atoms with E-state index in [0.29, 0.717) is 5.56 Å². The molecular weight excluding hydrogens is 324 g/mol. The molecule has 1 aromatic heterocycles. The zero-order valence-electron chi connectivity index (χ0n) is 11.0. The number of aryl methyl sites for hydroxylation is 2. The summed E-state index contributed by atoms with van der Waals surface area (Å²) in [6.45, 7) is 5.93. The molecule has 1 N–H and O–H groups in total. The van der Waals surface area contributed by atoms with Crippen LogP contribution < -0.4 is 5.32 Å². The number of hydrogen-bond acceptors (Lipinski definition) is 3. The van der Waals surface area contributed by atoms with Crippen molar-refractivity contribution >= 4 is 33.2 Å². The second-order valence-electron chi connectivity index (χ2n) is 4.36. The van der Waals surface area contributed by atoms with Gasteiger partial charge in [0.05, 0.1) is 22.3 Å². The summed E-state index contributed by atoms with van der Waals surface area (Å²) in [6.07, 6.45) is 0. The average Bonchev–Trinajstić information content (AvgIpc) is 2.69. The van der Waals surface area contributed by atoms with E-state index in [2.05, 4.69) is 26.2 Å². The smallest absolute Gasteiger partial charge is 0.252 e. The second-order valence-corrected chi connectivity index (χ2v) is 6.45. The van der Waals surface area contributed by atoms with Crippen LogP contribution in [-0.4, -0.2) is 10.9 Å². The van der Waals surface area contributed by atoms with Crippen LogP contribution in [0.25, 0.3) is 0 Å². The molecule has 5 heteroatoms. The summed E-state index contributed by atoms with van der Waals surface area (Å²) in [7, 11) is 0. The van der Waals surface area contributed by atoms with E-state index in [9.17, 15) is 4.79 Å².